The standard InChI is InChI=1S/C44H32BN3/c1-29-14-12-18-32(26-29)46(33-19-13-15-30(2)27-33)41-28-36-34-20-6-10-24-39(34)48(31-16-4-3-5-17-31)45-37-22-8-11-25-40(37)47-38-23-9-7-21-35(38)42(41)44(47)43(36)45/h3-28H,1-2H3. The number of fused-ring (bicyclic) bond motifs is 8. The van der Waals surface area contributed by atoms with E-state index in [-0.39, 0.29) is 6.85 Å². The highest BCUT2D eigenvalue weighted by Crippen LogP contribution is 2.50. The third kappa shape index (κ3) is 3.77. The van der Waals surface area contributed by atoms with Gasteiger partial charge in [0.2, 0.25) is 0 Å². The lowest BCUT2D eigenvalue weighted by Gasteiger charge is -2.42. The SMILES string of the molecule is Cc1cccc(N(c2cccc(C)c2)c2cc3c4c5c2c2ccccc2n5-c2ccccc2B4N(c2ccccc2)c2ccccc2-3)c1. The van der Waals surface area contributed by atoms with Crippen LogP contribution in [-0.2, 0) is 0 Å². The first-order valence-corrected chi connectivity index (χ1v) is 16.7. The molecule has 0 radical (unpaired) electrons. The number of nitrogens with zero attached hydrogens (tertiary/aromatic N) is 3. The number of aromatic nitrogens is 1. The number of para-hydroxylation sites is 4. The fourth-order valence-electron chi connectivity index (χ4n) is 8.33. The number of hydrogen-bond acceptors (Lipinski definition) is 2. The van der Waals surface area contributed by atoms with Gasteiger partial charge in [-0.05, 0) is 102 Å². The lowest BCUT2D eigenvalue weighted by Crippen LogP contribution is -2.60. The molecule has 48 heavy (non-hydrogen) atoms. The van der Waals surface area contributed by atoms with Crippen molar-refractivity contribution in [2.45, 2.75) is 13.8 Å². The minimum atomic E-state index is 0.00764. The van der Waals surface area contributed by atoms with Crippen LogP contribution in [-0.4, -0.2) is 11.4 Å². The number of aryl methyl sites for hydroxylation is 2. The number of rotatable bonds is 4. The van der Waals surface area contributed by atoms with Crippen molar-refractivity contribution in [3.05, 3.63) is 169 Å². The number of benzene rings is 7. The van der Waals surface area contributed by atoms with E-state index >= 15 is 0 Å². The fourth-order valence-corrected chi connectivity index (χ4v) is 8.33. The van der Waals surface area contributed by atoms with Crippen LogP contribution >= 0.6 is 0 Å². The van der Waals surface area contributed by atoms with Gasteiger partial charge in [0, 0.05) is 44.8 Å². The molecule has 7 aromatic carbocycles. The van der Waals surface area contributed by atoms with E-state index in [1.807, 2.05) is 0 Å². The largest absolute Gasteiger partial charge is 0.376 e. The Morgan fingerprint density at radius 1 is 0.542 bits per heavy atom. The second-order valence-corrected chi connectivity index (χ2v) is 13.1. The van der Waals surface area contributed by atoms with Crippen LogP contribution in [0.25, 0.3) is 38.6 Å². The fraction of sp³-hybridized carbons (Fsp3) is 0.0455. The first-order chi connectivity index (χ1) is 23.7. The van der Waals surface area contributed by atoms with Crippen LogP contribution in [0.2, 0.25) is 0 Å². The van der Waals surface area contributed by atoms with E-state index in [4.69, 9.17) is 0 Å². The Bertz CT molecular complexity index is 2520. The molecule has 2 aliphatic heterocycles. The van der Waals surface area contributed by atoms with E-state index in [9.17, 15) is 0 Å². The minimum absolute atomic E-state index is 0.00764. The summed E-state index contributed by atoms with van der Waals surface area (Å²) in [5, 5.41) is 2.54. The van der Waals surface area contributed by atoms with E-state index in [0.29, 0.717) is 0 Å². The van der Waals surface area contributed by atoms with Crippen LogP contribution in [0.15, 0.2) is 158 Å². The van der Waals surface area contributed by atoms with E-state index < -0.39 is 0 Å². The summed E-state index contributed by atoms with van der Waals surface area (Å²) in [5.41, 5.74) is 17.4. The van der Waals surface area contributed by atoms with Gasteiger partial charge in [-0.25, -0.2) is 0 Å². The van der Waals surface area contributed by atoms with Crippen molar-refractivity contribution in [1.29, 1.82) is 0 Å². The second kappa shape index (κ2) is 10.3. The van der Waals surface area contributed by atoms with Crippen molar-refractivity contribution in [2.75, 3.05) is 9.71 Å². The molecular formula is C44H32BN3. The molecule has 4 heteroatoms. The zero-order valence-electron chi connectivity index (χ0n) is 26.9. The van der Waals surface area contributed by atoms with Gasteiger partial charge in [0.1, 0.15) is 0 Å². The maximum Gasteiger partial charge on any atom is 0.333 e. The highest BCUT2D eigenvalue weighted by molar-refractivity contribution is 6.93. The average molecular weight is 614 g/mol. The minimum Gasteiger partial charge on any atom is -0.376 e. The predicted octanol–water partition coefficient (Wildman–Crippen LogP) is 10.1. The molecule has 0 N–H and O–H groups in total. The quantitative estimate of drug-likeness (QED) is 0.183. The molecule has 2 aliphatic rings. The topological polar surface area (TPSA) is 11.4 Å². The molecule has 0 atom stereocenters. The molecule has 0 fully saturated rings. The van der Waals surface area contributed by atoms with Crippen molar-refractivity contribution in [3.8, 4) is 16.8 Å². The van der Waals surface area contributed by atoms with Crippen LogP contribution in [0.1, 0.15) is 11.1 Å². The maximum absolute atomic E-state index is 2.57. The van der Waals surface area contributed by atoms with Crippen molar-refractivity contribution in [3.63, 3.8) is 0 Å². The van der Waals surface area contributed by atoms with Crippen LogP contribution in [0.4, 0.5) is 28.4 Å². The number of hydrogen-bond donors (Lipinski definition) is 0. The van der Waals surface area contributed by atoms with Gasteiger partial charge in [-0.1, -0.05) is 97.1 Å². The number of anilines is 5. The lowest BCUT2D eigenvalue weighted by atomic mass is 9.44. The zero-order valence-corrected chi connectivity index (χ0v) is 26.9. The average Bonchev–Trinajstić information content (AvgIpc) is 3.48. The van der Waals surface area contributed by atoms with Crippen molar-refractivity contribution < 1.29 is 0 Å². The molecule has 0 bridgehead atoms. The normalized spacial score (nSPS) is 12.7. The van der Waals surface area contributed by atoms with Crippen molar-refractivity contribution in [1.82, 2.24) is 4.57 Å². The molecule has 1 aromatic heterocycles. The van der Waals surface area contributed by atoms with Crippen LogP contribution < -0.4 is 20.6 Å². The highest BCUT2D eigenvalue weighted by Gasteiger charge is 2.44. The Hall–Kier alpha value is -6.00. The van der Waals surface area contributed by atoms with Crippen molar-refractivity contribution in [2.24, 2.45) is 0 Å². The molecule has 226 valence electrons. The van der Waals surface area contributed by atoms with Gasteiger partial charge in [0.15, 0.2) is 0 Å². The van der Waals surface area contributed by atoms with Gasteiger partial charge in [-0.2, -0.15) is 0 Å². The maximum atomic E-state index is 2.57. The summed E-state index contributed by atoms with van der Waals surface area (Å²) < 4.78 is 2.54. The molecule has 0 spiro atoms. The molecule has 10 rings (SSSR count). The van der Waals surface area contributed by atoms with E-state index in [0.717, 1.165) is 11.4 Å². The van der Waals surface area contributed by atoms with Crippen LogP contribution in [0.5, 0.6) is 0 Å². The summed E-state index contributed by atoms with van der Waals surface area (Å²) in [6.07, 6.45) is 0. The summed E-state index contributed by atoms with van der Waals surface area (Å²) in [4.78, 5) is 5.05. The second-order valence-electron chi connectivity index (χ2n) is 13.1. The third-order valence-corrected chi connectivity index (χ3v) is 10.2. The lowest BCUT2D eigenvalue weighted by molar-refractivity contribution is 1.18. The summed E-state index contributed by atoms with van der Waals surface area (Å²) in [5.74, 6) is 0. The molecule has 0 saturated carbocycles. The van der Waals surface area contributed by atoms with E-state index in [2.05, 4.69) is 186 Å². The molecule has 0 amide bonds. The summed E-state index contributed by atoms with van der Waals surface area (Å²) >= 11 is 0. The summed E-state index contributed by atoms with van der Waals surface area (Å²) in [6.45, 7) is 4.37. The van der Waals surface area contributed by atoms with E-state index in [1.165, 1.54) is 77.7 Å². The first kappa shape index (κ1) is 27.1. The Morgan fingerprint density at radius 3 is 1.94 bits per heavy atom. The molecule has 0 unspecified atom stereocenters. The van der Waals surface area contributed by atoms with Crippen LogP contribution in [0, 0.1) is 13.8 Å². The highest BCUT2D eigenvalue weighted by atomic mass is 15.2. The monoisotopic (exact) mass is 613 g/mol. The Kier molecular flexibility index (Phi) is 5.80. The summed E-state index contributed by atoms with van der Waals surface area (Å²) in [6, 6.07) is 58.1. The molecule has 3 nitrogen and oxygen atoms in total. The van der Waals surface area contributed by atoms with Gasteiger partial charge in [-0.15, -0.1) is 0 Å². The summed E-state index contributed by atoms with van der Waals surface area (Å²) in [7, 11) is 0. The Labute approximate surface area is 281 Å². The molecule has 3 heterocycles. The molecule has 8 aromatic rings. The zero-order chi connectivity index (χ0) is 31.9. The van der Waals surface area contributed by atoms with Crippen LogP contribution in [0.3, 0.4) is 0 Å². The third-order valence-electron chi connectivity index (χ3n) is 10.2. The van der Waals surface area contributed by atoms with Gasteiger partial charge in [-0.3, -0.25) is 0 Å². The molecule has 0 aliphatic carbocycles. The van der Waals surface area contributed by atoms with Gasteiger partial charge in [0.05, 0.1) is 16.7 Å². The smallest absolute Gasteiger partial charge is 0.333 e. The molecule has 0 saturated heterocycles. The Balaban J connectivity index is 1.42. The van der Waals surface area contributed by atoms with E-state index in [1.54, 1.807) is 0 Å². The van der Waals surface area contributed by atoms with Gasteiger partial charge >= 0.3 is 6.85 Å². The Morgan fingerprint density at radius 2 is 1.19 bits per heavy atom. The van der Waals surface area contributed by atoms with Crippen molar-refractivity contribution >= 4 is 68.0 Å². The molecular weight excluding hydrogens is 581 g/mol. The predicted molar refractivity (Wildman–Crippen MR) is 204 cm³/mol. The van der Waals surface area contributed by atoms with Gasteiger partial charge in [0.25, 0.3) is 0 Å². The first-order valence-electron chi connectivity index (χ1n) is 16.7. The van der Waals surface area contributed by atoms with Gasteiger partial charge < -0.3 is 14.3 Å².